The molecule has 2 heterocycles. The van der Waals surface area contributed by atoms with Crippen LogP contribution < -0.4 is 5.32 Å². The first-order valence-electron chi connectivity index (χ1n) is 7.40. The highest BCUT2D eigenvalue weighted by Gasteiger charge is 2.40. The predicted molar refractivity (Wildman–Crippen MR) is 87.7 cm³/mol. The molecule has 1 aliphatic heterocycles. The van der Waals surface area contributed by atoms with Crippen molar-refractivity contribution in [3.05, 3.63) is 18.0 Å². The van der Waals surface area contributed by atoms with Gasteiger partial charge < -0.3 is 10.2 Å². The summed E-state index contributed by atoms with van der Waals surface area (Å²) in [5.41, 5.74) is 1.16. The molecule has 2 rings (SSSR count). The molecule has 0 amide bonds. The number of sulfone groups is 1. The van der Waals surface area contributed by atoms with Crippen LogP contribution in [0.25, 0.3) is 0 Å². The van der Waals surface area contributed by atoms with Crippen LogP contribution in [0.15, 0.2) is 17.4 Å². The highest BCUT2D eigenvalue weighted by molar-refractivity contribution is 7.92. The Kier molecular flexibility index (Phi) is 4.79. The van der Waals surface area contributed by atoms with Gasteiger partial charge in [0.1, 0.15) is 0 Å². The molecule has 1 aromatic heterocycles. The molecule has 1 aromatic rings. The van der Waals surface area contributed by atoms with Crippen LogP contribution in [0.3, 0.4) is 0 Å². The predicted octanol–water partition coefficient (Wildman–Crippen LogP) is 0.0470. The number of hydrogen-bond acceptors (Lipinski definition) is 4. The summed E-state index contributed by atoms with van der Waals surface area (Å²) in [5.74, 6) is 0.926. The van der Waals surface area contributed by atoms with Gasteiger partial charge in [0, 0.05) is 39.9 Å². The fourth-order valence-electron chi connectivity index (χ4n) is 2.58. The van der Waals surface area contributed by atoms with E-state index in [0.717, 1.165) is 24.5 Å². The Labute approximate surface area is 132 Å². The first-order chi connectivity index (χ1) is 10.2. The summed E-state index contributed by atoms with van der Waals surface area (Å²) in [6, 6.07) is 0. The van der Waals surface area contributed by atoms with Gasteiger partial charge in [-0.3, -0.25) is 9.67 Å². The molecule has 8 heteroatoms. The molecular weight excluding hydrogens is 302 g/mol. The standard InChI is InChI=1S/C14H25N5O2S/c1-14(2)11-19(7-8-22(14,20)21)13(15-3)16-6-5-12-9-17-18(4)10-12/h9-10H,5-8,11H2,1-4H3,(H,15,16). The number of hydrogen-bond donors (Lipinski definition) is 1. The van der Waals surface area contributed by atoms with E-state index in [1.54, 1.807) is 25.6 Å². The molecule has 0 aliphatic carbocycles. The second-order valence-corrected chi connectivity index (χ2v) is 8.99. The number of nitrogens with one attached hydrogen (secondary N) is 1. The second-order valence-electron chi connectivity index (χ2n) is 6.25. The van der Waals surface area contributed by atoms with Crippen LogP contribution in [0.1, 0.15) is 19.4 Å². The van der Waals surface area contributed by atoms with Crippen molar-refractivity contribution in [3.8, 4) is 0 Å². The maximum atomic E-state index is 12.1. The molecule has 1 N–H and O–H groups in total. The monoisotopic (exact) mass is 327 g/mol. The summed E-state index contributed by atoms with van der Waals surface area (Å²) in [6.07, 6.45) is 4.68. The normalized spacial score (nSPS) is 20.9. The minimum Gasteiger partial charge on any atom is -0.356 e. The van der Waals surface area contributed by atoms with E-state index in [0.29, 0.717) is 13.1 Å². The lowest BCUT2D eigenvalue weighted by molar-refractivity contribution is 0.353. The van der Waals surface area contributed by atoms with Crippen LogP contribution in [0.4, 0.5) is 0 Å². The third kappa shape index (κ3) is 3.60. The van der Waals surface area contributed by atoms with Crippen molar-refractivity contribution in [3.63, 3.8) is 0 Å². The fourth-order valence-corrected chi connectivity index (χ4v) is 3.94. The fraction of sp³-hybridized carbons (Fsp3) is 0.714. The lowest BCUT2D eigenvalue weighted by Crippen LogP contribution is -2.57. The summed E-state index contributed by atoms with van der Waals surface area (Å²) in [4.78, 5) is 6.30. The Hall–Kier alpha value is -1.57. The third-order valence-electron chi connectivity index (χ3n) is 4.01. The lowest BCUT2D eigenvalue weighted by Gasteiger charge is -2.39. The summed E-state index contributed by atoms with van der Waals surface area (Å²) in [6.45, 7) is 5.23. The molecule has 124 valence electrons. The van der Waals surface area contributed by atoms with Crippen molar-refractivity contribution in [1.29, 1.82) is 0 Å². The largest absolute Gasteiger partial charge is 0.356 e. The van der Waals surface area contributed by atoms with Gasteiger partial charge in [0.05, 0.1) is 16.7 Å². The van der Waals surface area contributed by atoms with Gasteiger partial charge in [-0.1, -0.05) is 0 Å². The van der Waals surface area contributed by atoms with E-state index >= 15 is 0 Å². The van der Waals surface area contributed by atoms with Crippen LogP contribution in [-0.4, -0.2) is 66.2 Å². The van der Waals surface area contributed by atoms with Crippen molar-refractivity contribution in [2.45, 2.75) is 25.0 Å². The Morgan fingerprint density at radius 1 is 1.50 bits per heavy atom. The molecule has 7 nitrogen and oxygen atoms in total. The molecule has 1 saturated heterocycles. The summed E-state index contributed by atoms with van der Waals surface area (Å²) >= 11 is 0. The Morgan fingerprint density at radius 3 is 2.77 bits per heavy atom. The number of nitrogens with zero attached hydrogens (tertiary/aromatic N) is 4. The number of aromatic nitrogens is 2. The molecular formula is C14H25N5O2S. The quantitative estimate of drug-likeness (QED) is 0.627. The van der Waals surface area contributed by atoms with Crippen molar-refractivity contribution in [2.75, 3.05) is 32.4 Å². The van der Waals surface area contributed by atoms with E-state index in [4.69, 9.17) is 0 Å². The number of rotatable bonds is 3. The number of aliphatic imine (C=N–C) groups is 1. The van der Waals surface area contributed by atoms with E-state index in [1.807, 2.05) is 24.3 Å². The van der Waals surface area contributed by atoms with Gasteiger partial charge in [-0.2, -0.15) is 5.10 Å². The van der Waals surface area contributed by atoms with Crippen molar-refractivity contribution >= 4 is 15.8 Å². The minimum absolute atomic E-state index is 0.170. The average molecular weight is 327 g/mol. The second kappa shape index (κ2) is 6.28. The van der Waals surface area contributed by atoms with Gasteiger partial charge in [-0.05, 0) is 25.8 Å². The van der Waals surface area contributed by atoms with Crippen LogP contribution in [0.2, 0.25) is 0 Å². The SMILES string of the molecule is CN=C(NCCc1cnn(C)c1)N1CCS(=O)(=O)C(C)(C)C1. The van der Waals surface area contributed by atoms with Gasteiger partial charge in [0.15, 0.2) is 15.8 Å². The molecule has 0 aromatic carbocycles. The zero-order chi connectivity index (χ0) is 16.4. The molecule has 22 heavy (non-hydrogen) atoms. The first kappa shape index (κ1) is 16.8. The highest BCUT2D eigenvalue weighted by Crippen LogP contribution is 2.23. The van der Waals surface area contributed by atoms with Gasteiger partial charge in [-0.25, -0.2) is 8.42 Å². The topological polar surface area (TPSA) is 79.6 Å². The molecule has 0 unspecified atom stereocenters. The summed E-state index contributed by atoms with van der Waals surface area (Å²) in [7, 11) is 0.588. The molecule has 0 radical (unpaired) electrons. The van der Waals surface area contributed by atoms with E-state index in [-0.39, 0.29) is 5.75 Å². The smallest absolute Gasteiger partial charge is 0.193 e. The zero-order valence-electron chi connectivity index (χ0n) is 13.7. The maximum absolute atomic E-state index is 12.1. The lowest BCUT2D eigenvalue weighted by atomic mass is 10.2. The molecule has 0 bridgehead atoms. The Bertz CT molecular complexity index is 648. The maximum Gasteiger partial charge on any atom is 0.193 e. The average Bonchev–Trinajstić information content (AvgIpc) is 2.84. The Morgan fingerprint density at radius 2 is 2.23 bits per heavy atom. The molecule has 0 saturated carbocycles. The minimum atomic E-state index is -3.03. The number of guanidine groups is 1. The summed E-state index contributed by atoms with van der Waals surface area (Å²) in [5, 5.41) is 7.45. The Balaban J connectivity index is 1.92. The highest BCUT2D eigenvalue weighted by atomic mass is 32.2. The van der Waals surface area contributed by atoms with Gasteiger partial charge in [0.25, 0.3) is 0 Å². The van der Waals surface area contributed by atoms with Crippen LogP contribution in [0, 0.1) is 0 Å². The molecule has 0 spiro atoms. The van der Waals surface area contributed by atoms with Crippen LogP contribution in [-0.2, 0) is 23.3 Å². The van der Waals surface area contributed by atoms with E-state index < -0.39 is 14.6 Å². The first-order valence-corrected chi connectivity index (χ1v) is 9.06. The van der Waals surface area contributed by atoms with Gasteiger partial charge in [0.2, 0.25) is 0 Å². The molecule has 0 atom stereocenters. The molecule has 1 fully saturated rings. The summed E-state index contributed by atoms with van der Waals surface area (Å²) < 4.78 is 25.2. The van der Waals surface area contributed by atoms with E-state index in [2.05, 4.69) is 15.4 Å². The van der Waals surface area contributed by atoms with Crippen molar-refractivity contribution < 1.29 is 8.42 Å². The zero-order valence-corrected chi connectivity index (χ0v) is 14.5. The number of aryl methyl sites for hydroxylation is 1. The van der Waals surface area contributed by atoms with E-state index in [1.165, 1.54) is 0 Å². The van der Waals surface area contributed by atoms with Crippen molar-refractivity contribution in [2.24, 2.45) is 12.0 Å². The van der Waals surface area contributed by atoms with Crippen molar-refractivity contribution in [1.82, 2.24) is 20.0 Å². The van der Waals surface area contributed by atoms with Gasteiger partial charge >= 0.3 is 0 Å². The third-order valence-corrected chi connectivity index (χ3v) is 6.54. The van der Waals surface area contributed by atoms with E-state index in [9.17, 15) is 8.42 Å². The van der Waals surface area contributed by atoms with Crippen LogP contribution in [0.5, 0.6) is 0 Å². The molecule has 1 aliphatic rings. The van der Waals surface area contributed by atoms with Crippen LogP contribution >= 0.6 is 0 Å². The van der Waals surface area contributed by atoms with Gasteiger partial charge in [-0.15, -0.1) is 0 Å².